The van der Waals surface area contributed by atoms with Crippen LogP contribution in [0.5, 0.6) is 0 Å². The summed E-state index contributed by atoms with van der Waals surface area (Å²) in [5.41, 5.74) is 11.9. The number of benzene rings is 2. The minimum atomic E-state index is 0.0236. The van der Waals surface area contributed by atoms with Crippen LogP contribution in [-0.2, 0) is 17.8 Å². The van der Waals surface area contributed by atoms with E-state index in [0.29, 0.717) is 18.7 Å². The largest absolute Gasteiger partial charge is 0.397 e. The molecule has 0 aromatic heterocycles. The van der Waals surface area contributed by atoms with E-state index in [4.69, 9.17) is 5.73 Å². The molecule has 4 N–H and O–H groups in total. The third-order valence-electron chi connectivity index (χ3n) is 3.63. The molecule has 0 fully saturated rings. The highest BCUT2D eigenvalue weighted by Gasteiger charge is 2.19. The summed E-state index contributed by atoms with van der Waals surface area (Å²) in [5.74, 6) is 0.0236. The third-order valence-corrected chi connectivity index (χ3v) is 3.63. The zero-order valence-electron chi connectivity index (χ0n) is 11.4. The molecule has 0 atom stereocenters. The van der Waals surface area contributed by atoms with E-state index in [9.17, 15) is 4.79 Å². The summed E-state index contributed by atoms with van der Waals surface area (Å²) in [4.78, 5) is 11.4. The molecule has 20 heavy (non-hydrogen) atoms. The normalized spacial score (nSPS) is 12.9. The smallest absolute Gasteiger partial charge is 0.228 e. The van der Waals surface area contributed by atoms with Crippen LogP contribution in [0.4, 0.5) is 17.1 Å². The van der Waals surface area contributed by atoms with Gasteiger partial charge in [0.2, 0.25) is 5.91 Å². The van der Waals surface area contributed by atoms with Gasteiger partial charge < -0.3 is 16.4 Å². The molecule has 0 saturated carbocycles. The number of nitrogens with one attached hydrogen (secondary N) is 2. The Kier molecular flexibility index (Phi) is 3.06. The predicted octanol–water partition coefficient (Wildman–Crippen LogP) is 2.68. The van der Waals surface area contributed by atoms with Crippen molar-refractivity contribution >= 4 is 23.0 Å². The molecule has 1 heterocycles. The second kappa shape index (κ2) is 4.89. The molecule has 3 rings (SSSR count). The van der Waals surface area contributed by atoms with Crippen molar-refractivity contribution in [1.29, 1.82) is 0 Å². The van der Waals surface area contributed by atoms with Gasteiger partial charge in [-0.3, -0.25) is 4.79 Å². The SMILES string of the molecule is Cc1ccccc1CNc1cc2c(cc1N)CC(=O)N2. The van der Waals surface area contributed by atoms with Crippen LogP contribution in [0.25, 0.3) is 0 Å². The van der Waals surface area contributed by atoms with Gasteiger partial charge >= 0.3 is 0 Å². The van der Waals surface area contributed by atoms with E-state index in [-0.39, 0.29) is 5.91 Å². The summed E-state index contributed by atoms with van der Waals surface area (Å²) in [6.45, 7) is 2.80. The molecular formula is C16H17N3O. The summed E-state index contributed by atoms with van der Waals surface area (Å²) < 4.78 is 0. The van der Waals surface area contributed by atoms with Crippen molar-refractivity contribution in [2.45, 2.75) is 19.9 Å². The predicted molar refractivity (Wildman–Crippen MR) is 81.7 cm³/mol. The number of anilines is 3. The Balaban J connectivity index is 1.80. The van der Waals surface area contributed by atoms with Gasteiger partial charge in [-0.15, -0.1) is 0 Å². The Bertz CT molecular complexity index is 679. The van der Waals surface area contributed by atoms with Crippen LogP contribution in [0.15, 0.2) is 36.4 Å². The molecule has 4 nitrogen and oxygen atoms in total. The molecule has 102 valence electrons. The third kappa shape index (κ3) is 2.32. The van der Waals surface area contributed by atoms with Gasteiger partial charge in [-0.25, -0.2) is 0 Å². The molecule has 1 aliphatic heterocycles. The number of amides is 1. The molecule has 0 radical (unpaired) electrons. The number of nitrogens with two attached hydrogens (primary N) is 1. The van der Waals surface area contributed by atoms with Gasteiger partial charge in [0.05, 0.1) is 17.8 Å². The average Bonchev–Trinajstić information content (AvgIpc) is 2.76. The zero-order chi connectivity index (χ0) is 14.1. The maximum Gasteiger partial charge on any atom is 0.228 e. The van der Waals surface area contributed by atoms with Gasteiger partial charge in [0.25, 0.3) is 0 Å². The van der Waals surface area contributed by atoms with Crippen LogP contribution in [0.1, 0.15) is 16.7 Å². The lowest BCUT2D eigenvalue weighted by atomic mass is 10.1. The second-order valence-corrected chi connectivity index (χ2v) is 5.10. The van der Waals surface area contributed by atoms with E-state index in [1.165, 1.54) is 11.1 Å². The lowest BCUT2D eigenvalue weighted by Gasteiger charge is -2.12. The molecule has 0 unspecified atom stereocenters. The number of rotatable bonds is 3. The number of aryl methyl sites for hydroxylation is 1. The van der Waals surface area contributed by atoms with Crippen LogP contribution in [-0.4, -0.2) is 5.91 Å². The van der Waals surface area contributed by atoms with Crippen LogP contribution in [0.2, 0.25) is 0 Å². The van der Waals surface area contributed by atoms with E-state index in [1.54, 1.807) is 0 Å². The lowest BCUT2D eigenvalue weighted by molar-refractivity contribution is -0.115. The number of fused-ring (bicyclic) bond motifs is 1. The first kappa shape index (κ1) is 12.5. The van der Waals surface area contributed by atoms with E-state index in [2.05, 4.69) is 29.7 Å². The standard InChI is InChI=1S/C16H17N3O/c1-10-4-2-3-5-11(10)9-18-15-8-14-12(6-13(15)17)7-16(20)19-14/h2-6,8,18H,7,9,17H2,1H3,(H,19,20). The van der Waals surface area contributed by atoms with Crippen molar-refractivity contribution in [3.63, 3.8) is 0 Å². The molecule has 0 bridgehead atoms. The highest BCUT2D eigenvalue weighted by Crippen LogP contribution is 2.31. The first-order valence-corrected chi connectivity index (χ1v) is 6.64. The van der Waals surface area contributed by atoms with Crippen LogP contribution < -0.4 is 16.4 Å². The summed E-state index contributed by atoms with van der Waals surface area (Å²) in [6, 6.07) is 12.0. The molecule has 0 saturated heterocycles. The summed E-state index contributed by atoms with van der Waals surface area (Å²) in [7, 11) is 0. The maximum atomic E-state index is 11.4. The maximum absolute atomic E-state index is 11.4. The van der Waals surface area contributed by atoms with Gasteiger partial charge in [0, 0.05) is 12.2 Å². The molecule has 2 aromatic carbocycles. The van der Waals surface area contributed by atoms with Gasteiger partial charge in [0.1, 0.15) is 0 Å². The summed E-state index contributed by atoms with van der Waals surface area (Å²) >= 11 is 0. The van der Waals surface area contributed by atoms with Crippen LogP contribution >= 0.6 is 0 Å². The molecular weight excluding hydrogens is 250 g/mol. The topological polar surface area (TPSA) is 67.1 Å². The number of carbonyl (C=O) groups excluding carboxylic acids is 1. The zero-order valence-corrected chi connectivity index (χ0v) is 11.4. The molecule has 1 aliphatic rings. The Hall–Kier alpha value is -2.49. The van der Waals surface area contributed by atoms with Crippen molar-refractivity contribution in [3.8, 4) is 0 Å². The molecule has 4 heteroatoms. The Labute approximate surface area is 118 Å². The molecule has 0 spiro atoms. The highest BCUT2D eigenvalue weighted by atomic mass is 16.1. The molecule has 2 aromatic rings. The average molecular weight is 267 g/mol. The summed E-state index contributed by atoms with van der Waals surface area (Å²) in [6.07, 6.45) is 0.414. The fraction of sp³-hybridized carbons (Fsp3) is 0.188. The van der Waals surface area contributed by atoms with E-state index in [1.807, 2.05) is 24.3 Å². The quantitative estimate of drug-likeness (QED) is 0.749. The van der Waals surface area contributed by atoms with E-state index < -0.39 is 0 Å². The van der Waals surface area contributed by atoms with Crippen LogP contribution in [0, 0.1) is 6.92 Å². The summed E-state index contributed by atoms with van der Waals surface area (Å²) in [5, 5.41) is 6.18. The number of hydrogen-bond donors (Lipinski definition) is 3. The van der Waals surface area contributed by atoms with E-state index in [0.717, 1.165) is 16.9 Å². The van der Waals surface area contributed by atoms with Crippen LogP contribution in [0.3, 0.4) is 0 Å². The van der Waals surface area contributed by atoms with Crippen molar-refractivity contribution in [3.05, 3.63) is 53.1 Å². The van der Waals surface area contributed by atoms with Crippen molar-refractivity contribution < 1.29 is 4.79 Å². The number of nitrogen functional groups attached to an aromatic ring is 1. The molecule has 1 amide bonds. The van der Waals surface area contributed by atoms with Crippen molar-refractivity contribution in [1.82, 2.24) is 0 Å². The second-order valence-electron chi connectivity index (χ2n) is 5.10. The van der Waals surface area contributed by atoms with Gasteiger partial charge in [-0.05, 0) is 35.7 Å². The minimum absolute atomic E-state index is 0.0236. The minimum Gasteiger partial charge on any atom is -0.397 e. The fourth-order valence-corrected chi connectivity index (χ4v) is 2.45. The monoisotopic (exact) mass is 267 g/mol. The Morgan fingerprint density at radius 3 is 2.90 bits per heavy atom. The van der Waals surface area contributed by atoms with Crippen molar-refractivity contribution in [2.75, 3.05) is 16.4 Å². The highest BCUT2D eigenvalue weighted by molar-refractivity contribution is 6.00. The Morgan fingerprint density at radius 1 is 1.30 bits per heavy atom. The number of hydrogen-bond acceptors (Lipinski definition) is 3. The first-order chi connectivity index (χ1) is 9.63. The molecule has 0 aliphatic carbocycles. The van der Waals surface area contributed by atoms with E-state index >= 15 is 0 Å². The Morgan fingerprint density at radius 2 is 2.10 bits per heavy atom. The van der Waals surface area contributed by atoms with Gasteiger partial charge in [-0.2, -0.15) is 0 Å². The van der Waals surface area contributed by atoms with Crippen molar-refractivity contribution in [2.24, 2.45) is 0 Å². The van der Waals surface area contributed by atoms with Gasteiger partial charge in [-0.1, -0.05) is 24.3 Å². The lowest BCUT2D eigenvalue weighted by Crippen LogP contribution is -2.05. The van der Waals surface area contributed by atoms with Gasteiger partial charge in [0.15, 0.2) is 0 Å². The number of carbonyl (C=O) groups is 1. The first-order valence-electron chi connectivity index (χ1n) is 6.64. The fourth-order valence-electron chi connectivity index (χ4n) is 2.45.